The summed E-state index contributed by atoms with van der Waals surface area (Å²) in [4.78, 5) is 49.9. The lowest BCUT2D eigenvalue weighted by atomic mass is 10.0. The Bertz CT molecular complexity index is 1210. The molecule has 2 atom stereocenters. The van der Waals surface area contributed by atoms with Crippen LogP contribution in [0.15, 0.2) is 33.4 Å². The highest BCUT2D eigenvalue weighted by Crippen LogP contribution is 2.40. The van der Waals surface area contributed by atoms with Gasteiger partial charge in [0.05, 0.1) is 14.1 Å². The van der Waals surface area contributed by atoms with E-state index in [-0.39, 0.29) is 22.2 Å². The molecule has 0 unspecified atom stereocenters. The number of anilines is 2. The minimum atomic E-state index is -1.18. The molecular formula is C19H22N7O5S3+. The van der Waals surface area contributed by atoms with Crippen LogP contribution in [0.2, 0.25) is 0 Å². The summed E-state index contributed by atoms with van der Waals surface area (Å²) in [6, 6.07) is -0.903. The first-order valence-electron chi connectivity index (χ1n) is 9.90. The van der Waals surface area contributed by atoms with Crippen molar-refractivity contribution in [2.24, 2.45) is 12.2 Å². The normalized spacial score (nSPS) is 20.0. The number of carbonyl (C=O) groups is 3. The molecule has 2 amide bonds. The van der Waals surface area contributed by atoms with Crippen LogP contribution in [0.1, 0.15) is 5.69 Å². The fraction of sp³-hybridized carbons (Fsp3) is 0.368. The molecule has 0 saturated carbocycles. The topological polar surface area (TPSA) is 154 Å². The number of nitrogens with zero attached hydrogens (tertiary/aromatic N) is 5. The lowest BCUT2D eigenvalue weighted by Crippen LogP contribution is -2.71. The Morgan fingerprint density at radius 1 is 1.47 bits per heavy atom. The average Bonchev–Trinajstić information content (AvgIpc) is 3.42. The van der Waals surface area contributed by atoms with Gasteiger partial charge in [-0.15, -0.1) is 23.1 Å². The third-order valence-electron chi connectivity index (χ3n) is 5.21. The zero-order chi connectivity index (χ0) is 24.6. The van der Waals surface area contributed by atoms with Crippen molar-refractivity contribution in [2.45, 2.75) is 11.4 Å². The predicted molar refractivity (Wildman–Crippen MR) is 129 cm³/mol. The molecule has 2 aliphatic rings. The van der Waals surface area contributed by atoms with Crippen LogP contribution in [0.25, 0.3) is 0 Å². The van der Waals surface area contributed by atoms with Crippen molar-refractivity contribution in [1.82, 2.24) is 15.2 Å². The van der Waals surface area contributed by atoms with Crippen LogP contribution in [0.5, 0.6) is 0 Å². The molecule has 4 rings (SSSR count). The van der Waals surface area contributed by atoms with Crippen molar-refractivity contribution in [3.8, 4) is 0 Å². The molecule has 2 aliphatic heterocycles. The lowest BCUT2D eigenvalue weighted by Gasteiger charge is -2.49. The number of carboxylic acid groups (broad SMARTS) is 1. The van der Waals surface area contributed by atoms with E-state index in [0.717, 1.165) is 16.5 Å². The maximum Gasteiger partial charge on any atom is 0.352 e. The van der Waals surface area contributed by atoms with Crippen LogP contribution in [-0.4, -0.2) is 76.4 Å². The second kappa shape index (κ2) is 9.60. The number of nitrogens with one attached hydrogen (secondary N) is 1. The van der Waals surface area contributed by atoms with Crippen LogP contribution >= 0.6 is 34.4 Å². The van der Waals surface area contributed by atoms with Crippen molar-refractivity contribution in [1.29, 1.82) is 0 Å². The van der Waals surface area contributed by atoms with Crippen molar-refractivity contribution >= 4 is 68.2 Å². The van der Waals surface area contributed by atoms with Gasteiger partial charge in [-0.25, -0.2) is 14.3 Å². The van der Waals surface area contributed by atoms with Gasteiger partial charge >= 0.3 is 11.1 Å². The average molecular weight is 525 g/mol. The summed E-state index contributed by atoms with van der Waals surface area (Å²) in [6.07, 6.45) is 1.92. The SMILES string of the molecule is CO/N=C(/C(=O)N[C@@H]1C(=O)N2C(C(=O)O)=C(CN(C)c3scc[n+]3C)CS[C@H]12)c1csc(N)n1. The van der Waals surface area contributed by atoms with Crippen LogP contribution in [-0.2, 0) is 26.3 Å². The van der Waals surface area contributed by atoms with Crippen LogP contribution in [0.4, 0.5) is 10.3 Å². The summed E-state index contributed by atoms with van der Waals surface area (Å²) in [5.41, 5.74) is 6.33. The first-order chi connectivity index (χ1) is 16.2. The standard InChI is InChI=1S/C19H21N7O5S3/c1-24-4-5-32-19(24)25(2)6-9-7-33-16-12(15(28)26(16)13(9)17(29)30)22-14(27)11(23-31-3)10-8-34-18(20)21-10/h4-5,8,12,16H,6-7H2,1-3H3,(H3-,20,21,22,27,29,30)/p+1/b23-11+/t12-,16-/m1/s1. The van der Waals surface area contributed by atoms with Gasteiger partial charge in [-0.1, -0.05) is 16.5 Å². The molecule has 4 N–H and O–H groups in total. The minimum absolute atomic E-state index is 0.0386. The van der Waals surface area contributed by atoms with Crippen molar-refractivity contribution in [3.05, 3.63) is 33.9 Å². The summed E-state index contributed by atoms with van der Waals surface area (Å²) >= 11 is 4.07. The summed E-state index contributed by atoms with van der Waals surface area (Å²) in [7, 11) is 5.07. The Morgan fingerprint density at radius 2 is 2.24 bits per heavy atom. The first-order valence-corrected chi connectivity index (χ1v) is 12.7. The number of hydrogen-bond acceptors (Lipinski definition) is 11. The number of fused-ring (bicyclic) bond motifs is 1. The number of oxime groups is 1. The van der Waals surface area contributed by atoms with Gasteiger partial charge < -0.3 is 21.0 Å². The van der Waals surface area contributed by atoms with E-state index in [1.165, 1.54) is 35.1 Å². The quantitative estimate of drug-likeness (QED) is 0.185. The zero-order valence-electron chi connectivity index (χ0n) is 18.4. The number of carboxylic acids is 1. The van der Waals surface area contributed by atoms with E-state index in [1.54, 1.807) is 5.38 Å². The number of thiazole rings is 2. The Kier molecular flexibility index (Phi) is 6.77. The fourth-order valence-electron chi connectivity index (χ4n) is 3.75. The van der Waals surface area contributed by atoms with E-state index in [4.69, 9.17) is 10.6 Å². The van der Waals surface area contributed by atoms with Crippen LogP contribution in [0, 0.1) is 0 Å². The van der Waals surface area contributed by atoms with Gasteiger partial charge in [-0.2, -0.15) is 0 Å². The van der Waals surface area contributed by atoms with Crippen molar-refractivity contribution in [3.63, 3.8) is 0 Å². The molecule has 34 heavy (non-hydrogen) atoms. The monoisotopic (exact) mass is 524 g/mol. The predicted octanol–water partition coefficient (Wildman–Crippen LogP) is -0.163. The largest absolute Gasteiger partial charge is 0.477 e. The Hall–Kier alpha value is -3.17. The Balaban J connectivity index is 1.52. The van der Waals surface area contributed by atoms with Crippen LogP contribution in [0.3, 0.4) is 0 Å². The van der Waals surface area contributed by atoms with Gasteiger partial charge in [0.15, 0.2) is 10.8 Å². The molecule has 2 aromatic rings. The van der Waals surface area contributed by atoms with Gasteiger partial charge in [0, 0.05) is 22.1 Å². The number of amides is 2. The number of rotatable bonds is 8. The Morgan fingerprint density at radius 3 is 2.82 bits per heavy atom. The molecule has 1 fully saturated rings. The van der Waals surface area contributed by atoms with Crippen molar-refractivity contribution < 1.29 is 28.9 Å². The lowest BCUT2D eigenvalue weighted by molar-refractivity contribution is -0.654. The molecule has 12 nitrogen and oxygen atoms in total. The second-order valence-electron chi connectivity index (χ2n) is 7.46. The van der Waals surface area contributed by atoms with E-state index < -0.39 is 29.2 Å². The molecule has 0 bridgehead atoms. The van der Waals surface area contributed by atoms with E-state index in [9.17, 15) is 19.5 Å². The summed E-state index contributed by atoms with van der Waals surface area (Å²) < 4.78 is 1.94. The molecule has 0 aromatic carbocycles. The highest BCUT2D eigenvalue weighted by atomic mass is 32.2. The molecule has 0 radical (unpaired) electrons. The molecule has 0 spiro atoms. The summed E-state index contributed by atoms with van der Waals surface area (Å²) in [5.74, 6) is -1.94. The first kappa shape index (κ1) is 24.0. The second-order valence-corrected chi connectivity index (χ2v) is 10.3. The zero-order valence-corrected chi connectivity index (χ0v) is 20.9. The number of likely N-dealkylation sites (N-methyl/N-ethyl adjacent to an activating group) is 1. The van der Waals surface area contributed by atoms with E-state index in [1.807, 2.05) is 35.1 Å². The molecule has 15 heteroatoms. The number of nitrogen functional groups attached to an aromatic ring is 1. The van der Waals surface area contributed by atoms with Gasteiger partial charge in [0.25, 0.3) is 11.8 Å². The third-order valence-corrected chi connectivity index (χ3v) is 8.29. The number of aryl methyl sites for hydroxylation is 1. The van der Waals surface area contributed by atoms with E-state index in [2.05, 4.69) is 15.5 Å². The number of β-lactam (4-membered cyclic amide) rings is 1. The van der Waals surface area contributed by atoms with Gasteiger partial charge in [-0.3, -0.25) is 19.4 Å². The van der Waals surface area contributed by atoms with Crippen LogP contribution < -0.4 is 20.5 Å². The smallest absolute Gasteiger partial charge is 0.352 e. The fourth-order valence-corrected chi connectivity index (χ4v) is 6.47. The molecule has 4 heterocycles. The van der Waals surface area contributed by atoms with Crippen molar-refractivity contribution in [2.75, 3.05) is 37.1 Å². The number of aliphatic carboxylic acids is 1. The maximum atomic E-state index is 13.0. The summed E-state index contributed by atoms with van der Waals surface area (Å²) in [6.45, 7) is 0.354. The summed E-state index contributed by atoms with van der Waals surface area (Å²) in [5, 5.41) is 20.4. The molecule has 1 saturated heterocycles. The molecular weight excluding hydrogens is 502 g/mol. The Labute approximate surface area is 206 Å². The third kappa shape index (κ3) is 4.33. The maximum absolute atomic E-state index is 13.0. The minimum Gasteiger partial charge on any atom is -0.477 e. The van der Waals surface area contributed by atoms with Gasteiger partial charge in [0.2, 0.25) is 0 Å². The van der Waals surface area contributed by atoms with Gasteiger partial charge in [-0.05, 0) is 0 Å². The molecule has 2 aromatic heterocycles. The highest BCUT2D eigenvalue weighted by molar-refractivity contribution is 8.00. The number of hydrogen-bond donors (Lipinski definition) is 3. The number of thioether (sulfide) groups is 1. The number of aromatic nitrogens is 2. The van der Waals surface area contributed by atoms with E-state index in [0.29, 0.717) is 17.9 Å². The number of nitrogens with two attached hydrogens (primary N) is 1. The molecule has 180 valence electrons. The number of carbonyl (C=O) groups excluding carboxylic acids is 2. The van der Waals surface area contributed by atoms with Gasteiger partial charge in [0.1, 0.15) is 42.7 Å². The highest BCUT2D eigenvalue weighted by Gasteiger charge is 2.54. The molecule has 0 aliphatic carbocycles. The van der Waals surface area contributed by atoms with E-state index >= 15 is 0 Å².